The summed E-state index contributed by atoms with van der Waals surface area (Å²) in [7, 11) is -2.86. The number of rotatable bonds is 3. The van der Waals surface area contributed by atoms with Gasteiger partial charge in [0.1, 0.15) is 0 Å². The number of aromatic nitrogens is 1. The molecule has 1 N–H and O–H groups in total. The van der Waals surface area contributed by atoms with Gasteiger partial charge in [0.05, 0.1) is 21.7 Å². The van der Waals surface area contributed by atoms with E-state index < -0.39 is 9.84 Å². The number of fused-ring (bicyclic) bond motifs is 1. The zero-order valence-electron chi connectivity index (χ0n) is 11.4. The first kappa shape index (κ1) is 14.0. The highest BCUT2D eigenvalue weighted by Crippen LogP contribution is 2.23. The minimum absolute atomic E-state index is 0.0581. The fourth-order valence-electron chi connectivity index (χ4n) is 2.70. The van der Waals surface area contributed by atoms with Gasteiger partial charge in [-0.1, -0.05) is 0 Å². The molecule has 4 nitrogen and oxygen atoms in total. The monoisotopic (exact) mass is 310 g/mol. The second kappa shape index (κ2) is 5.42. The van der Waals surface area contributed by atoms with Crippen molar-refractivity contribution in [2.45, 2.75) is 31.8 Å². The highest BCUT2D eigenvalue weighted by atomic mass is 32.2. The van der Waals surface area contributed by atoms with Gasteiger partial charge in [-0.25, -0.2) is 8.42 Å². The lowest BCUT2D eigenvalue weighted by Gasteiger charge is -2.26. The number of hydrogen-bond donors (Lipinski definition) is 1. The molecule has 108 valence electrons. The van der Waals surface area contributed by atoms with E-state index in [0.717, 1.165) is 23.9 Å². The Hall–Kier alpha value is -0.980. The molecule has 2 atom stereocenters. The van der Waals surface area contributed by atoms with Gasteiger partial charge in [0.15, 0.2) is 9.84 Å². The molecule has 2 unspecified atom stereocenters. The lowest BCUT2D eigenvalue weighted by atomic mass is 10.1. The SMILES string of the molecule is CC(NC1CCCS(=O)(=O)C1)c1cnc2ccsc2c1. The second-order valence-corrected chi connectivity index (χ2v) is 8.59. The van der Waals surface area contributed by atoms with Crippen molar-refractivity contribution in [3.05, 3.63) is 29.3 Å². The van der Waals surface area contributed by atoms with Crippen LogP contribution >= 0.6 is 11.3 Å². The largest absolute Gasteiger partial charge is 0.306 e. The Bertz CT molecular complexity index is 709. The average molecular weight is 310 g/mol. The Balaban J connectivity index is 1.73. The van der Waals surface area contributed by atoms with E-state index in [1.54, 1.807) is 11.3 Å². The molecule has 20 heavy (non-hydrogen) atoms. The molecule has 0 aliphatic carbocycles. The zero-order valence-corrected chi connectivity index (χ0v) is 13.0. The molecule has 0 bridgehead atoms. The van der Waals surface area contributed by atoms with Crippen LogP contribution in [0.2, 0.25) is 0 Å². The van der Waals surface area contributed by atoms with Gasteiger partial charge < -0.3 is 5.32 Å². The first-order valence-electron chi connectivity index (χ1n) is 6.83. The van der Waals surface area contributed by atoms with Crippen molar-refractivity contribution in [3.8, 4) is 0 Å². The summed E-state index contributed by atoms with van der Waals surface area (Å²) in [6.07, 6.45) is 3.57. The van der Waals surface area contributed by atoms with E-state index in [0.29, 0.717) is 5.75 Å². The minimum atomic E-state index is -2.86. The Labute approximate surface area is 123 Å². The van der Waals surface area contributed by atoms with Gasteiger partial charge in [-0.05, 0) is 42.8 Å². The summed E-state index contributed by atoms with van der Waals surface area (Å²) in [6.45, 7) is 2.07. The highest BCUT2D eigenvalue weighted by molar-refractivity contribution is 7.91. The Morgan fingerprint density at radius 2 is 2.35 bits per heavy atom. The number of hydrogen-bond acceptors (Lipinski definition) is 5. The van der Waals surface area contributed by atoms with E-state index in [1.165, 1.54) is 4.70 Å². The van der Waals surface area contributed by atoms with Gasteiger partial charge in [-0.15, -0.1) is 11.3 Å². The zero-order chi connectivity index (χ0) is 14.2. The highest BCUT2D eigenvalue weighted by Gasteiger charge is 2.25. The van der Waals surface area contributed by atoms with E-state index in [9.17, 15) is 8.42 Å². The van der Waals surface area contributed by atoms with Crippen molar-refractivity contribution in [2.75, 3.05) is 11.5 Å². The third-order valence-corrected chi connectivity index (χ3v) is 6.45. The van der Waals surface area contributed by atoms with Crippen molar-refractivity contribution < 1.29 is 8.42 Å². The molecule has 1 aliphatic heterocycles. The number of pyridine rings is 1. The Kier molecular flexibility index (Phi) is 3.79. The summed E-state index contributed by atoms with van der Waals surface area (Å²) < 4.78 is 24.5. The summed E-state index contributed by atoms with van der Waals surface area (Å²) in [5.74, 6) is 0.592. The molecule has 1 saturated heterocycles. The molecule has 0 amide bonds. The van der Waals surface area contributed by atoms with Crippen LogP contribution in [0, 0.1) is 0 Å². The van der Waals surface area contributed by atoms with Crippen LogP contribution < -0.4 is 5.32 Å². The number of sulfone groups is 1. The number of thiophene rings is 1. The first-order valence-corrected chi connectivity index (χ1v) is 9.53. The van der Waals surface area contributed by atoms with Crippen molar-refractivity contribution in [1.82, 2.24) is 10.3 Å². The summed E-state index contributed by atoms with van der Waals surface area (Å²) in [5.41, 5.74) is 2.13. The summed E-state index contributed by atoms with van der Waals surface area (Å²) in [4.78, 5) is 4.44. The third-order valence-electron chi connectivity index (χ3n) is 3.77. The van der Waals surface area contributed by atoms with Gasteiger partial charge in [0, 0.05) is 18.3 Å². The molecule has 2 aromatic rings. The van der Waals surface area contributed by atoms with Gasteiger partial charge in [0.2, 0.25) is 0 Å². The van der Waals surface area contributed by atoms with Crippen LogP contribution in [0.25, 0.3) is 10.2 Å². The average Bonchev–Trinajstić information content (AvgIpc) is 2.84. The Morgan fingerprint density at radius 3 is 3.15 bits per heavy atom. The standard InChI is InChI=1S/C14H18N2O2S2/c1-10(16-12-3-2-6-20(17,18)9-12)11-7-14-13(15-8-11)4-5-19-14/h4-5,7-8,10,12,16H,2-3,6,9H2,1H3. The topological polar surface area (TPSA) is 59.1 Å². The maximum Gasteiger partial charge on any atom is 0.151 e. The molecule has 0 spiro atoms. The molecular formula is C14H18N2O2S2. The van der Waals surface area contributed by atoms with Gasteiger partial charge in [-0.3, -0.25) is 4.98 Å². The molecule has 0 aromatic carbocycles. The van der Waals surface area contributed by atoms with Crippen molar-refractivity contribution in [1.29, 1.82) is 0 Å². The smallest absolute Gasteiger partial charge is 0.151 e. The van der Waals surface area contributed by atoms with E-state index in [-0.39, 0.29) is 17.8 Å². The lowest BCUT2D eigenvalue weighted by molar-refractivity contribution is 0.437. The first-order chi connectivity index (χ1) is 9.53. The molecule has 3 rings (SSSR count). The van der Waals surface area contributed by atoms with Gasteiger partial charge in [-0.2, -0.15) is 0 Å². The van der Waals surface area contributed by atoms with Gasteiger partial charge in [0.25, 0.3) is 0 Å². The quantitative estimate of drug-likeness (QED) is 0.946. The van der Waals surface area contributed by atoms with E-state index in [4.69, 9.17) is 0 Å². The molecule has 1 aliphatic rings. The van der Waals surface area contributed by atoms with Crippen molar-refractivity contribution in [3.63, 3.8) is 0 Å². The normalized spacial score (nSPS) is 23.8. The fraction of sp³-hybridized carbons (Fsp3) is 0.500. The second-order valence-electron chi connectivity index (χ2n) is 5.41. The van der Waals surface area contributed by atoms with Crippen LogP contribution in [0.3, 0.4) is 0 Å². The summed E-state index contributed by atoms with van der Waals surface area (Å²) in [6, 6.07) is 4.33. The van der Waals surface area contributed by atoms with E-state index >= 15 is 0 Å². The molecule has 6 heteroatoms. The lowest BCUT2D eigenvalue weighted by Crippen LogP contribution is -2.41. The van der Waals surface area contributed by atoms with Crippen molar-refractivity contribution in [2.24, 2.45) is 0 Å². The molecule has 1 fully saturated rings. The van der Waals surface area contributed by atoms with E-state index in [1.807, 2.05) is 17.6 Å². The van der Waals surface area contributed by atoms with Crippen LogP contribution in [0.4, 0.5) is 0 Å². The maximum atomic E-state index is 11.7. The van der Waals surface area contributed by atoms with E-state index in [2.05, 4.69) is 23.3 Å². The molecular weight excluding hydrogens is 292 g/mol. The van der Waals surface area contributed by atoms with Crippen LogP contribution in [0.1, 0.15) is 31.4 Å². The Morgan fingerprint density at radius 1 is 1.50 bits per heavy atom. The van der Waals surface area contributed by atoms with Gasteiger partial charge >= 0.3 is 0 Å². The van der Waals surface area contributed by atoms with Crippen LogP contribution in [-0.2, 0) is 9.84 Å². The molecule has 0 radical (unpaired) electrons. The maximum absolute atomic E-state index is 11.7. The predicted molar refractivity (Wildman–Crippen MR) is 82.8 cm³/mol. The number of nitrogens with one attached hydrogen (secondary N) is 1. The molecule has 0 saturated carbocycles. The molecule has 3 heterocycles. The minimum Gasteiger partial charge on any atom is -0.306 e. The third kappa shape index (κ3) is 3.02. The predicted octanol–water partition coefficient (Wildman–Crippen LogP) is 2.52. The van der Waals surface area contributed by atoms with Crippen molar-refractivity contribution >= 4 is 31.4 Å². The molecule has 2 aromatic heterocycles. The summed E-state index contributed by atoms with van der Waals surface area (Å²) >= 11 is 1.68. The number of nitrogens with zero attached hydrogens (tertiary/aromatic N) is 1. The fourth-order valence-corrected chi connectivity index (χ4v) is 5.14. The van der Waals surface area contributed by atoms with Crippen LogP contribution in [0.15, 0.2) is 23.7 Å². The van der Waals surface area contributed by atoms with Crippen LogP contribution in [-0.4, -0.2) is 30.9 Å². The van der Waals surface area contributed by atoms with Crippen LogP contribution in [0.5, 0.6) is 0 Å². The summed E-state index contributed by atoms with van der Waals surface area (Å²) in [5, 5.41) is 5.47.